The summed E-state index contributed by atoms with van der Waals surface area (Å²) in [4.78, 5) is 0. The van der Waals surface area contributed by atoms with Gasteiger partial charge in [-0.15, -0.1) is 0 Å². The van der Waals surface area contributed by atoms with Crippen molar-refractivity contribution < 1.29 is 0 Å². The highest BCUT2D eigenvalue weighted by atomic mass is 35.5. The Morgan fingerprint density at radius 1 is 1.19 bits per heavy atom. The van der Waals surface area contributed by atoms with Crippen LogP contribution in [0, 0.1) is 5.92 Å². The molecule has 1 aromatic rings. The lowest BCUT2D eigenvalue weighted by molar-refractivity contribution is 0.393. The fraction of sp³-hybridized carbons (Fsp3) is 0.538. The quantitative estimate of drug-likeness (QED) is 0.839. The molecule has 0 aliphatic carbocycles. The Kier molecular flexibility index (Phi) is 5.60. The molecule has 0 bridgehead atoms. The van der Waals surface area contributed by atoms with Gasteiger partial charge in [0.15, 0.2) is 0 Å². The third kappa shape index (κ3) is 3.38. The van der Waals surface area contributed by atoms with E-state index in [-0.39, 0.29) is 6.04 Å². The Morgan fingerprint density at radius 3 is 2.38 bits per heavy atom. The van der Waals surface area contributed by atoms with Gasteiger partial charge in [0.2, 0.25) is 0 Å². The first kappa shape index (κ1) is 13.8. The van der Waals surface area contributed by atoms with E-state index < -0.39 is 0 Å². The second-order valence-corrected chi connectivity index (χ2v) is 4.94. The molecule has 0 aliphatic rings. The van der Waals surface area contributed by atoms with E-state index in [0.29, 0.717) is 16.0 Å². The van der Waals surface area contributed by atoms with Gasteiger partial charge in [-0.25, -0.2) is 0 Å². The minimum Gasteiger partial charge on any atom is -0.327 e. The molecule has 0 fully saturated rings. The Balaban J connectivity index is 2.76. The van der Waals surface area contributed by atoms with Crippen molar-refractivity contribution in [3.8, 4) is 0 Å². The number of rotatable bonds is 5. The van der Waals surface area contributed by atoms with Crippen molar-refractivity contribution in [1.29, 1.82) is 0 Å². The molecule has 1 aromatic carbocycles. The van der Waals surface area contributed by atoms with Crippen LogP contribution in [0.3, 0.4) is 0 Å². The van der Waals surface area contributed by atoms with E-state index in [1.165, 1.54) is 0 Å². The Hall–Kier alpha value is -0.240. The zero-order chi connectivity index (χ0) is 12.1. The van der Waals surface area contributed by atoms with E-state index >= 15 is 0 Å². The molecule has 0 aliphatic heterocycles. The van der Waals surface area contributed by atoms with Crippen molar-refractivity contribution in [2.75, 3.05) is 0 Å². The van der Waals surface area contributed by atoms with E-state index in [0.717, 1.165) is 24.8 Å². The molecule has 0 heterocycles. The van der Waals surface area contributed by atoms with Crippen LogP contribution in [0.15, 0.2) is 18.2 Å². The summed E-state index contributed by atoms with van der Waals surface area (Å²) in [6.07, 6.45) is 3.01. The number of benzene rings is 1. The molecule has 2 N–H and O–H groups in total. The average molecular weight is 260 g/mol. The maximum absolute atomic E-state index is 6.19. The normalized spacial score (nSPS) is 13.1. The van der Waals surface area contributed by atoms with Gasteiger partial charge in [0.25, 0.3) is 0 Å². The largest absolute Gasteiger partial charge is 0.327 e. The average Bonchev–Trinajstić information content (AvgIpc) is 2.26. The smallest absolute Gasteiger partial charge is 0.0624 e. The summed E-state index contributed by atoms with van der Waals surface area (Å²) in [5.74, 6) is 0.551. The van der Waals surface area contributed by atoms with Crippen molar-refractivity contribution >= 4 is 23.2 Å². The van der Waals surface area contributed by atoms with Gasteiger partial charge in [-0.2, -0.15) is 0 Å². The van der Waals surface area contributed by atoms with E-state index in [2.05, 4.69) is 13.8 Å². The monoisotopic (exact) mass is 259 g/mol. The van der Waals surface area contributed by atoms with Crippen molar-refractivity contribution in [2.45, 2.75) is 39.2 Å². The van der Waals surface area contributed by atoms with Gasteiger partial charge in [0.1, 0.15) is 0 Å². The van der Waals surface area contributed by atoms with Crippen molar-refractivity contribution in [3.63, 3.8) is 0 Å². The zero-order valence-corrected chi connectivity index (χ0v) is 11.4. The number of nitrogens with two attached hydrogens (primary N) is 1. The molecule has 1 atom stereocenters. The van der Waals surface area contributed by atoms with Crippen LogP contribution >= 0.6 is 23.2 Å². The summed E-state index contributed by atoms with van der Waals surface area (Å²) in [5.41, 5.74) is 7.24. The molecule has 0 amide bonds. The van der Waals surface area contributed by atoms with E-state index in [1.54, 1.807) is 6.07 Å². The van der Waals surface area contributed by atoms with Gasteiger partial charge in [0.05, 0.1) is 10.0 Å². The third-order valence-electron chi connectivity index (χ3n) is 3.14. The molecule has 3 heteroatoms. The first-order valence-corrected chi connectivity index (χ1v) is 6.54. The minimum atomic E-state index is 0.158. The van der Waals surface area contributed by atoms with Crippen LogP contribution in [-0.4, -0.2) is 6.04 Å². The molecule has 1 unspecified atom stereocenters. The van der Waals surface area contributed by atoms with Crippen molar-refractivity contribution in [2.24, 2.45) is 11.7 Å². The summed E-state index contributed by atoms with van der Waals surface area (Å²) >= 11 is 12.1. The second-order valence-electron chi connectivity index (χ2n) is 4.16. The Labute approximate surface area is 108 Å². The summed E-state index contributed by atoms with van der Waals surface area (Å²) < 4.78 is 0. The second kappa shape index (κ2) is 6.48. The van der Waals surface area contributed by atoms with Gasteiger partial charge in [0, 0.05) is 6.04 Å². The van der Waals surface area contributed by atoms with Gasteiger partial charge in [-0.1, -0.05) is 62.0 Å². The highest BCUT2D eigenvalue weighted by Gasteiger charge is 2.16. The fourth-order valence-corrected chi connectivity index (χ4v) is 2.42. The minimum absolute atomic E-state index is 0.158. The molecular weight excluding hydrogens is 241 g/mol. The number of halogens is 2. The fourth-order valence-electron chi connectivity index (χ4n) is 2.02. The molecule has 0 radical (unpaired) electrons. The lowest BCUT2D eigenvalue weighted by Crippen LogP contribution is -2.31. The first-order chi connectivity index (χ1) is 7.60. The van der Waals surface area contributed by atoms with Crippen molar-refractivity contribution in [1.82, 2.24) is 0 Å². The molecule has 90 valence electrons. The van der Waals surface area contributed by atoms with Gasteiger partial charge in [-0.3, -0.25) is 0 Å². The van der Waals surface area contributed by atoms with Crippen LogP contribution in [0.4, 0.5) is 0 Å². The molecule has 0 spiro atoms. The summed E-state index contributed by atoms with van der Waals surface area (Å²) in [6, 6.07) is 5.88. The van der Waals surface area contributed by atoms with Crippen LogP contribution in [0.25, 0.3) is 0 Å². The summed E-state index contributed by atoms with van der Waals surface area (Å²) in [7, 11) is 0. The summed E-state index contributed by atoms with van der Waals surface area (Å²) in [5, 5.41) is 1.25. The lowest BCUT2D eigenvalue weighted by atomic mass is 9.90. The number of hydrogen-bond acceptors (Lipinski definition) is 1. The van der Waals surface area contributed by atoms with Crippen LogP contribution in [0.5, 0.6) is 0 Å². The van der Waals surface area contributed by atoms with Gasteiger partial charge in [-0.05, 0) is 24.0 Å². The van der Waals surface area contributed by atoms with Gasteiger partial charge < -0.3 is 5.73 Å². The molecule has 0 saturated heterocycles. The molecule has 16 heavy (non-hydrogen) atoms. The third-order valence-corrected chi connectivity index (χ3v) is 4.00. The predicted octanol–water partition coefficient (Wildman–Crippen LogP) is 4.30. The summed E-state index contributed by atoms with van der Waals surface area (Å²) in [6.45, 7) is 4.35. The van der Waals surface area contributed by atoms with E-state index in [4.69, 9.17) is 28.9 Å². The maximum atomic E-state index is 6.19. The van der Waals surface area contributed by atoms with Crippen LogP contribution in [0.2, 0.25) is 10.0 Å². The predicted molar refractivity (Wildman–Crippen MR) is 72.2 cm³/mol. The van der Waals surface area contributed by atoms with Crippen LogP contribution in [-0.2, 0) is 6.42 Å². The van der Waals surface area contributed by atoms with Gasteiger partial charge >= 0.3 is 0 Å². The van der Waals surface area contributed by atoms with E-state index in [1.807, 2.05) is 12.1 Å². The SMILES string of the molecule is CCC(CC)C(N)Cc1cccc(Cl)c1Cl. The first-order valence-electron chi connectivity index (χ1n) is 5.78. The van der Waals surface area contributed by atoms with Crippen LogP contribution in [0.1, 0.15) is 32.3 Å². The van der Waals surface area contributed by atoms with E-state index in [9.17, 15) is 0 Å². The molecule has 1 nitrogen and oxygen atoms in total. The Morgan fingerprint density at radius 2 is 1.81 bits per heavy atom. The lowest BCUT2D eigenvalue weighted by Gasteiger charge is -2.21. The maximum Gasteiger partial charge on any atom is 0.0624 e. The topological polar surface area (TPSA) is 26.0 Å². The molecule has 0 aromatic heterocycles. The molecule has 1 rings (SSSR count). The Bertz CT molecular complexity index is 335. The number of hydrogen-bond donors (Lipinski definition) is 1. The molecule has 0 saturated carbocycles. The highest BCUT2D eigenvalue weighted by Crippen LogP contribution is 2.27. The van der Waals surface area contributed by atoms with Crippen molar-refractivity contribution in [3.05, 3.63) is 33.8 Å². The van der Waals surface area contributed by atoms with Crippen LogP contribution < -0.4 is 5.73 Å². The standard InChI is InChI=1S/C13H19Cl2N/c1-3-9(4-2)12(16)8-10-6-5-7-11(14)13(10)15/h5-7,9,12H,3-4,8,16H2,1-2H3. The molecular formula is C13H19Cl2N. The zero-order valence-electron chi connectivity index (χ0n) is 9.84. The highest BCUT2D eigenvalue weighted by molar-refractivity contribution is 6.42.